The molecule has 0 atom stereocenters. The maximum Gasteiger partial charge on any atom is 0.159 e. The predicted octanol–water partition coefficient (Wildman–Crippen LogP) is 13.4. The van der Waals surface area contributed by atoms with Gasteiger partial charge in [-0.25, -0.2) is 0 Å². The highest BCUT2D eigenvalue weighted by atomic mass is 16.3. The number of anilines is 3. The number of para-hydroxylation sites is 3. The van der Waals surface area contributed by atoms with Crippen LogP contribution in [0.5, 0.6) is 0 Å². The van der Waals surface area contributed by atoms with Crippen molar-refractivity contribution in [1.82, 2.24) is 0 Å². The zero-order valence-corrected chi connectivity index (χ0v) is 26.5. The molecule has 10 rings (SSSR count). The van der Waals surface area contributed by atoms with Crippen LogP contribution in [0.3, 0.4) is 0 Å². The molecule has 230 valence electrons. The van der Waals surface area contributed by atoms with E-state index in [0.29, 0.717) is 0 Å². The van der Waals surface area contributed by atoms with Crippen LogP contribution >= 0.6 is 0 Å². The summed E-state index contributed by atoms with van der Waals surface area (Å²) in [7, 11) is 0. The summed E-state index contributed by atoms with van der Waals surface area (Å²) in [4.78, 5) is 2.36. The van der Waals surface area contributed by atoms with E-state index in [1.807, 2.05) is 18.2 Å². The lowest BCUT2D eigenvalue weighted by Crippen LogP contribution is -2.11. The van der Waals surface area contributed by atoms with Gasteiger partial charge in [0.1, 0.15) is 16.7 Å². The van der Waals surface area contributed by atoms with E-state index in [0.717, 1.165) is 88.4 Å². The maximum absolute atomic E-state index is 7.00. The molecule has 10 aromatic rings. The van der Waals surface area contributed by atoms with Gasteiger partial charge >= 0.3 is 0 Å². The zero-order valence-electron chi connectivity index (χ0n) is 26.5. The lowest BCUT2D eigenvalue weighted by molar-refractivity contribution is 0.670. The molecule has 0 aliphatic carbocycles. The summed E-state index contributed by atoms with van der Waals surface area (Å²) in [6.07, 6.45) is 0. The molecule has 0 amide bonds. The number of hydrogen-bond donors (Lipinski definition) is 0. The molecule has 0 bridgehead atoms. The molecule has 0 spiro atoms. The molecule has 0 fully saturated rings. The molecule has 3 nitrogen and oxygen atoms in total. The van der Waals surface area contributed by atoms with E-state index in [2.05, 4.69) is 163 Å². The monoisotopic (exact) mass is 627 g/mol. The first-order valence-corrected chi connectivity index (χ1v) is 16.6. The summed E-state index contributed by atoms with van der Waals surface area (Å²) >= 11 is 0. The Morgan fingerprint density at radius 3 is 1.73 bits per heavy atom. The first-order valence-electron chi connectivity index (χ1n) is 16.6. The quantitative estimate of drug-likeness (QED) is 0.190. The topological polar surface area (TPSA) is 29.5 Å². The molecule has 0 saturated heterocycles. The number of nitrogens with zero attached hydrogens (tertiary/aromatic N) is 1. The van der Waals surface area contributed by atoms with Gasteiger partial charge in [0.05, 0.1) is 11.4 Å². The van der Waals surface area contributed by atoms with Gasteiger partial charge in [-0.05, 0) is 47.0 Å². The second-order valence-corrected chi connectivity index (χ2v) is 12.5. The molecule has 2 aromatic heterocycles. The molecule has 0 unspecified atom stereocenters. The molecular formula is C46H29NO2. The SMILES string of the molecule is c1ccc(-c2cccc(N(c3cc4c5ccccc5oc4c4ccccc34)c3cccc4c3oc3c(-c5ccccc5)cccc34)c2)cc1. The molecular weight excluding hydrogens is 599 g/mol. The van der Waals surface area contributed by atoms with Gasteiger partial charge in [-0.3, -0.25) is 0 Å². The third-order valence-electron chi connectivity index (χ3n) is 9.64. The van der Waals surface area contributed by atoms with Gasteiger partial charge < -0.3 is 13.7 Å². The summed E-state index contributed by atoms with van der Waals surface area (Å²) in [5.41, 5.74) is 11.1. The molecule has 2 heterocycles. The molecule has 0 aliphatic rings. The highest BCUT2D eigenvalue weighted by molar-refractivity contribution is 6.21. The molecule has 0 aliphatic heterocycles. The molecule has 0 N–H and O–H groups in total. The van der Waals surface area contributed by atoms with Crippen LogP contribution < -0.4 is 4.90 Å². The lowest BCUT2D eigenvalue weighted by atomic mass is 10.00. The summed E-state index contributed by atoms with van der Waals surface area (Å²) in [6, 6.07) is 61.9. The Hall–Kier alpha value is -6.58. The van der Waals surface area contributed by atoms with Crippen molar-refractivity contribution in [3.05, 3.63) is 176 Å². The number of rotatable bonds is 5. The number of hydrogen-bond acceptors (Lipinski definition) is 3. The van der Waals surface area contributed by atoms with Gasteiger partial charge in [0.15, 0.2) is 5.58 Å². The number of fused-ring (bicyclic) bond motifs is 8. The first-order chi connectivity index (χ1) is 24.3. The van der Waals surface area contributed by atoms with Gasteiger partial charge in [0, 0.05) is 43.6 Å². The van der Waals surface area contributed by atoms with E-state index in [-0.39, 0.29) is 0 Å². The summed E-state index contributed by atoms with van der Waals surface area (Å²) in [5.74, 6) is 0. The van der Waals surface area contributed by atoms with Gasteiger partial charge in [0.25, 0.3) is 0 Å². The fraction of sp³-hybridized carbons (Fsp3) is 0. The Morgan fingerprint density at radius 2 is 0.918 bits per heavy atom. The molecule has 0 radical (unpaired) electrons. The van der Waals surface area contributed by atoms with E-state index in [4.69, 9.17) is 8.83 Å². The fourth-order valence-electron chi connectivity index (χ4n) is 7.40. The van der Waals surface area contributed by atoms with Crippen LogP contribution in [0.25, 0.3) is 76.9 Å². The van der Waals surface area contributed by atoms with Crippen molar-refractivity contribution < 1.29 is 8.83 Å². The van der Waals surface area contributed by atoms with E-state index in [9.17, 15) is 0 Å². The van der Waals surface area contributed by atoms with Crippen molar-refractivity contribution in [1.29, 1.82) is 0 Å². The first kappa shape index (κ1) is 27.5. The summed E-state index contributed by atoms with van der Waals surface area (Å²) in [6.45, 7) is 0. The molecule has 8 aromatic carbocycles. The predicted molar refractivity (Wildman–Crippen MR) is 204 cm³/mol. The number of benzene rings is 8. The minimum atomic E-state index is 0.840. The van der Waals surface area contributed by atoms with Crippen molar-refractivity contribution >= 4 is 71.7 Å². The zero-order chi connectivity index (χ0) is 32.3. The Kier molecular flexibility index (Phi) is 6.18. The van der Waals surface area contributed by atoms with Crippen LogP contribution in [-0.4, -0.2) is 0 Å². The van der Waals surface area contributed by atoms with E-state index in [1.54, 1.807) is 0 Å². The summed E-state index contributed by atoms with van der Waals surface area (Å²) < 4.78 is 13.5. The minimum absolute atomic E-state index is 0.840. The Labute approximate surface area is 282 Å². The third kappa shape index (κ3) is 4.37. The van der Waals surface area contributed by atoms with Crippen LogP contribution in [0.15, 0.2) is 185 Å². The second-order valence-electron chi connectivity index (χ2n) is 12.5. The van der Waals surface area contributed by atoms with Gasteiger partial charge in [-0.2, -0.15) is 0 Å². The Bertz CT molecular complexity index is 2830. The lowest BCUT2D eigenvalue weighted by Gasteiger charge is -2.27. The van der Waals surface area contributed by atoms with Crippen molar-refractivity contribution in [3.63, 3.8) is 0 Å². The van der Waals surface area contributed by atoms with Crippen LogP contribution in [0, 0.1) is 0 Å². The maximum atomic E-state index is 7.00. The van der Waals surface area contributed by atoms with Crippen LogP contribution in [0.4, 0.5) is 17.1 Å². The van der Waals surface area contributed by atoms with E-state index < -0.39 is 0 Å². The molecule has 0 saturated carbocycles. The smallest absolute Gasteiger partial charge is 0.159 e. The highest BCUT2D eigenvalue weighted by Crippen LogP contribution is 2.48. The van der Waals surface area contributed by atoms with Crippen LogP contribution in [0.2, 0.25) is 0 Å². The average Bonchev–Trinajstić information content (AvgIpc) is 3.75. The van der Waals surface area contributed by atoms with Gasteiger partial charge in [-0.15, -0.1) is 0 Å². The van der Waals surface area contributed by atoms with Crippen molar-refractivity contribution in [2.45, 2.75) is 0 Å². The standard InChI is InChI=1S/C46H29NO2/c1-3-14-30(15-4-1)32-18-11-19-33(28-32)47(42-29-40-36-21-9-10-27-43(36)48-45(40)37-22-8-7-20-35(37)42)41-26-13-25-39-38-24-12-23-34(44(38)49-46(39)41)31-16-5-2-6-17-31/h1-29H. The van der Waals surface area contributed by atoms with Crippen molar-refractivity contribution in [3.8, 4) is 22.3 Å². The Balaban J connectivity index is 1.31. The fourth-order valence-corrected chi connectivity index (χ4v) is 7.40. The second kappa shape index (κ2) is 11.0. The minimum Gasteiger partial charge on any atom is -0.455 e. The van der Waals surface area contributed by atoms with E-state index >= 15 is 0 Å². The van der Waals surface area contributed by atoms with Crippen LogP contribution in [-0.2, 0) is 0 Å². The Morgan fingerprint density at radius 1 is 0.327 bits per heavy atom. The van der Waals surface area contributed by atoms with Crippen molar-refractivity contribution in [2.75, 3.05) is 4.90 Å². The summed E-state index contributed by atoms with van der Waals surface area (Å²) in [5, 5.41) is 6.51. The molecule has 3 heteroatoms. The largest absolute Gasteiger partial charge is 0.455 e. The van der Waals surface area contributed by atoms with E-state index in [1.165, 1.54) is 5.56 Å². The van der Waals surface area contributed by atoms with Crippen molar-refractivity contribution in [2.24, 2.45) is 0 Å². The van der Waals surface area contributed by atoms with Gasteiger partial charge in [0.2, 0.25) is 0 Å². The normalized spacial score (nSPS) is 11.7. The van der Waals surface area contributed by atoms with Gasteiger partial charge in [-0.1, -0.05) is 146 Å². The molecule has 49 heavy (non-hydrogen) atoms. The third-order valence-corrected chi connectivity index (χ3v) is 9.64. The average molecular weight is 628 g/mol. The van der Waals surface area contributed by atoms with Crippen LogP contribution in [0.1, 0.15) is 0 Å². The number of furan rings is 2. The highest BCUT2D eigenvalue weighted by Gasteiger charge is 2.24.